The van der Waals surface area contributed by atoms with Gasteiger partial charge < -0.3 is 10.2 Å². The van der Waals surface area contributed by atoms with Crippen LogP contribution < -0.4 is 10.2 Å². The summed E-state index contributed by atoms with van der Waals surface area (Å²) in [6.07, 6.45) is 0. The maximum atomic E-state index is 11.8. The number of anilines is 2. The third kappa shape index (κ3) is 1.83. The molecule has 18 heavy (non-hydrogen) atoms. The minimum atomic E-state index is -0.0317. The smallest absolute Gasteiger partial charge is 0.254 e. The number of halogens is 1. The number of carbonyl (C=O) groups excluding carboxylic acids is 1. The van der Waals surface area contributed by atoms with Gasteiger partial charge in [0.2, 0.25) is 0 Å². The van der Waals surface area contributed by atoms with E-state index in [0.717, 1.165) is 11.4 Å². The predicted octanol–water partition coefficient (Wildman–Crippen LogP) is 3.18. The van der Waals surface area contributed by atoms with Gasteiger partial charge in [0.1, 0.15) is 0 Å². The number of nitrogens with zero attached hydrogens (tertiary/aromatic N) is 1. The van der Waals surface area contributed by atoms with Gasteiger partial charge in [0.05, 0.1) is 17.9 Å². The number of nitrogens with one attached hydrogen (secondary N) is 1. The minimum Gasteiger partial charge on any atom is -0.334 e. The summed E-state index contributed by atoms with van der Waals surface area (Å²) in [4.78, 5) is 13.8. The molecule has 0 unspecified atom stereocenters. The van der Waals surface area contributed by atoms with Crippen LogP contribution in [0.3, 0.4) is 0 Å². The molecule has 1 heterocycles. The molecule has 4 heteroatoms. The lowest BCUT2D eigenvalue weighted by Crippen LogP contribution is -2.40. The van der Waals surface area contributed by atoms with Crippen molar-refractivity contribution in [2.24, 2.45) is 0 Å². The topological polar surface area (TPSA) is 32.3 Å². The van der Waals surface area contributed by atoms with Crippen LogP contribution in [-0.2, 0) is 0 Å². The largest absolute Gasteiger partial charge is 0.334 e. The highest BCUT2D eigenvalue weighted by Gasteiger charge is 2.22. The van der Waals surface area contributed by atoms with Gasteiger partial charge in [-0.2, -0.15) is 0 Å². The second-order valence-corrected chi connectivity index (χ2v) is 4.52. The molecule has 0 saturated carbocycles. The monoisotopic (exact) mass is 258 g/mol. The summed E-state index contributed by atoms with van der Waals surface area (Å²) in [5.41, 5.74) is 2.62. The lowest BCUT2D eigenvalue weighted by molar-refractivity contribution is 0.0949. The first-order valence-corrected chi connectivity index (χ1v) is 6.04. The molecule has 0 spiro atoms. The molecular formula is C14H11ClN2O. The molecule has 2 aromatic rings. The van der Waals surface area contributed by atoms with Crippen LogP contribution in [0, 0.1) is 0 Å². The number of hydrogen-bond acceptors (Lipinski definition) is 2. The Kier molecular flexibility index (Phi) is 2.68. The van der Waals surface area contributed by atoms with Crippen molar-refractivity contribution < 1.29 is 4.79 Å². The van der Waals surface area contributed by atoms with Crippen LogP contribution in [0.25, 0.3) is 0 Å². The average molecular weight is 259 g/mol. The fraction of sp³-hybridized carbons (Fsp3) is 0.0714. The van der Waals surface area contributed by atoms with E-state index in [2.05, 4.69) is 5.32 Å². The van der Waals surface area contributed by atoms with Crippen molar-refractivity contribution in [2.75, 3.05) is 11.6 Å². The van der Waals surface area contributed by atoms with Crippen LogP contribution >= 0.6 is 11.6 Å². The summed E-state index contributed by atoms with van der Waals surface area (Å²) in [6, 6.07) is 15.1. The van der Waals surface area contributed by atoms with Crippen LogP contribution in [0.5, 0.6) is 0 Å². The Morgan fingerprint density at radius 1 is 1.06 bits per heavy atom. The number of rotatable bonds is 1. The van der Waals surface area contributed by atoms with Crippen molar-refractivity contribution in [1.82, 2.24) is 5.32 Å². The summed E-state index contributed by atoms with van der Waals surface area (Å²) in [6.45, 7) is 0.470. The number of para-hydroxylation sites is 1. The highest BCUT2D eigenvalue weighted by molar-refractivity contribution is 6.30. The van der Waals surface area contributed by atoms with E-state index < -0.39 is 0 Å². The highest BCUT2D eigenvalue weighted by atomic mass is 35.5. The third-order valence-electron chi connectivity index (χ3n) is 2.98. The fourth-order valence-corrected chi connectivity index (χ4v) is 2.21. The molecular weight excluding hydrogens is 248 g/mol. The molecule has 0 aliphatic carbocycles. The Labute approximate surface area is 110 Å². The maximum Gasteiger partial charge on any atom is 0.254 e. The predicted molar refractivity (Wildman–Crippen MR) is 72.4 cm³/mol. The molecule has 0 saturated heterocycles. The number of carbonyl (C=O) groups is 1. The highest BCUT2D eigenvalue weighted by Crippen LogP contribution is 2.30. The molecule has 3 nitrogen and oxygen atoms in total. The minimum absolute atomic E-state index is 0.0317. The molecule has 0 aromatic heterocycles. The van der Waals surface area contributed by atoms with E-state index >= 15 is 0 Å². The summed E-state index contributed by atoms with van der Waals surface area (Å²) in [5, 5.41) is 3.56. The summed E-state index contributed by atoms with van der Waals surface area (Å²) in [7, 11) is 0. The zero-order valence-corrected chi connectivity index (χ0v) is 10.3. The van der Waals surface area contributed by atoms with E-state index in [-0.39, 0.29) is 5.91 Å². The van der Waals surface area contributed by atoms with Crippen molar-refractivity contribution >= 4 is 28.9 Å². The number of amides is 1. The second kappa shape index (κ2) is 4.35. The second-order valence-electron chi connectivity index (χ2n) is 4.09. The molecule has 1 amide bonds. The van der Waals surface area contributed by atoms with E-state index in [9.17, 15) is 4.79 Å². The number of hydrogen-bond donors (Lipinski definition) is 1. The van der Waals surface area contributed by atoms with E-state index in [1.54, 1.807) is 0 Å². The van der Waals surface area contributed by atoms with Gasteiger partial charge in [-0.3, -0.25) is 4.79 Å². The first kappa shape index (κ1) is 11.1. The molecule has 1 aliphatic heterocycles. The molecule has 1 N–H and O–H groups in total. The van der Waals surface area contributed by atoms with Gasteiger partial charge in [-0.05, 0) is 36.4 Å². The molecule has 0 bridgehead atoms. The molecule has 0 radical (unpaired) electrons. The van der Waals surface area contributed by atoms with E-state index in [1.165, 1.54) is 0 Å². The summed E-state index contributed by atoms with van der Waals surface area (Å²) >= 11 is 5.89. The molecule has 1 aliphatic rings. The number of benzene rings is 2. The summed E-state index contributed by atoms with van der Waals surface area (Å²) in [5.74, 6) is -0.0317. The molecule has 0 atom stereocenters. The van der Waals surface area contributed by atoms with Gasteiger partial charge in [-0.15, -0.1) is 0 Å². The first-order chi connectivity index (χ1) is 8.75. The van der Waals surface area contributed by atoms with E-state index in [0.29, 0.717) is 17.3 Å². The average Bonchev–Trinajstić information content (AvgIpc) is 2.41. The zero-order chi connectivity index (χ0) is 12.5. The zero-order valence-electron chi connectivity index (χ0n) is 9.56. The van der Waals surface area contributed by atoms with Crippen LogP contribution in [-0.4, -0.2) is 12.6 Å². The van der Waals surface area contributed by atoms with Gasteiger partial charge in [0, 0.05) is 10.7 Å². The molecule has 0 fully saturated rings. The molecule has 90 valence electrons. The Hall–Kier alpha value is -2.00. The van der Waals surface area contributed by atoms with Gasteiger partial charge in [0.15, 0.2) is 0 Å². The SMILES string of the molecule is O=C1NCN(c2ccc(Cl)cc2)c2ccccc21. The molecule has 2 aromatic carbocycles. The van der Waals surface area contributed by atoms with Crippen LogP contribution in [0.1, 0.15) is 10.4 Å². The van der Waals surface area contributed by atoms with Crippen molar-refractivity contribution in [3.05, 3.63) is 59.1 Å². The van der Waals surface area contributed by atoms with E-state index in [1.807, 2.05) is 53.4 Å². The lowest BCUT2D eigenvalue weighted by Gasteiger charge is -2.31. The van der Waals surface area contributed by atoms with Gasteiger partial charge >= 0.3 is 0 Å². The standard InChI is InChI=1S/C14H11ClN2O/c15-10-5-7-11(8-6-10)17-9-16-14(18)12-3-1-2-4-13(12)17/h1-8H,9H2,(H,16,18). The van der Waals surface area contributed by atoms with Gasteiger partial charge in [0.25, 0.3) is 5.91 Å². The first-order valence-electron chi connectivity index (χ1n) is 5.66. The Morgan fingerprint density at radius 3 is 2.56 bits per heavy atom. The lowest BCUT2D eigenvalue weighted by atomic mass is 10.1. The Morgan fingerprint density at radius 2 is 1.78 bits per heavy atom. The Bertz CT molecular complexity index is 595. The maximum absolute atomic E-state index is 11.8. The van der Waals surface area contributed by atoms with Crippen molar-refractivity contribution in [3.8, 4) is 0 Å². The van der Waals surface area contributed by atoms with Crippen molar-refractivity contribution in [3.63, 3.8) is 0 Å². The molecule has 3 rings (SSSR count). The van der Waals surface area contributed by atoms with Gasteiger partial charge in [-0.25, -0.2) is 0 Å². The normalized spacial score (nSPS) is 14.1. The third-order valence-corrected chi connectivity index (χ3v) is 3.23. The Balaban J connectivity index is 2.07. The fourth-order valence-electron chi connectivity index (χ4n) is 2.08. The van der Waals surface area contributed by atoms with Crippen molar-refractivity contribution in [1.29, 1.82) is 0 Å². The van der Waals surface area contributed by atoms with Crippen LogP contribution in [0.15, 0.2) is 48.5 Å². The number of fused-ring (bicyclic) bond motifs is 1. The quantitative estimate of drug-likeness (QED) is 0.852. The van der Waals surface area contributed by atoms with E-state index in [4.69, 9.17) is 11.6 Å². The van der Waals surface area contributed by atoms with Crippen LogP contribution in [0.4, 0.5) is 11.4 Å². The van der Waals surface area contributed by atoms with Gasteiger partial charge in [-0.1, -0.05) is 23.7 Å². The summed E-state index contributed by atoms with van der Waals surface area (Å²) < 4.78 is 0. The van der Waals surface area contributed by atoms with Crippen molar-refractivity contribution in [2.45, 2.75) is 0 Å². The van der Waals surface area contributed by atoms with Crippen LogP contribution in [0.2, 0.25) is 5.02 Å².